The molecule has 0 aromatic carbocycles. The fourth-order valence-corrected chi connectivity index (χ4v) is 1.45. The molecule has 2 heterocycles. The van der Waals surface area contributed by atoms with Crippen LogP contribution >= 0.6 is 0 Å². The van der Waals surface area contributed by atoms with Crippen LogP contribution in [0.5, 0.6) is 0 Å². The third-order valence-electron chi connectivity index (χ3n) is 2.57. The molecule has 1 aromatic heterocycles. The maximum Gasteiger partial charge on any atom is 0.331 e. The Kier molecular flexibility index (Phi) is 2.22. The van der Waals surface area contributed by atoms with E-state index in [1.807, 2.05) is 12.2 Å². The molecule has 1 aliphatic rings. The molecular formula is C9H10N4O3. The number of hydrogen-bond acceptors (Lipinski definition) is 4. The number of aromatic nitrogens is 2. The highest BCUT2D eigenvalue weighted by molar-refractivity contribution is 6.44. The summed E-state index contributed by atoms with van der Waals surface area (Å²) in [6, 6.07) is -0.682. The lowest BCUT2D eigenvalue weighted by atomic mass is 10.2. The summed E-state index contributed by atoms with van der Waals surface area (Å²) in [6.45, 7) is 1.89. The Morgan fingerprint density at radius 3 is 2.50 bits per heavy atom. The Balaban J connectivity index is 2.22. The van der Waals surface area contributed by atoms with Gasteiger partial charge in [-0.15, -0.1) is 0 Å². The van der Waals surface area contributed by atoms with E-state index in [4.69, 9.17) is 0 Å². The van der Waals surface area contributed by atoms with Gasteiger partial charge >= 0.3 is 17.8 Å². The zero-order valence-electron chi connectivity index (χ0n) is 8.85. The molecule has 2 rings (SSSR count). The van der Waals surface area contributed by atoms with Gasteiger partial charge in [-0.25, -0.2) is 4.79 Å². The maximum absolute atomic E-state index is 11.3. The molecular weight excluding hydrogens is 212 g/mol. The second kappa shape index (κ2) is 3.44. The SMILES string of the molecule is Cc1c(CN2C(=O)NC(=O)C2=O)cnn1C. The molecule has 0 radical (unpaired) electrons. The lowest BCUT2D eigenvalue weighted by molar-refractivity contribution is -0.140. The van der Waals surface area contributed by atoms with Crippen LogP contribution in [0.3, 0.4) is 0 Å². The highest BCUT2D eigenvalue weighted by atomic mass is 16.2. The fraction of sp³-hybridized carbons (Fsp3) is 0.333. The van der Waals surface area contributed by atoms with Crippen LogP contribution in [0.15, 0.2) is 6.20 Å². The van der Waals surface area contributed by atoms with Crippen LogP contribution in [0.2, 0.25) is 0 Å². The fourth-order valence-electron chi connectivity index (χ4n) is 1.45. The van der Waals surface area contributed by atoms with Crippen LogP contribution in [0.25, 0.3) is 0 Å². The van der Waals surface area contributed by atoms with Gasteiger partial charge in [0.25, 0.3) is 0 Å². The van der Waals surface area contributed by atoms with E-state index in [1.54, 1.807) is 17.9 Å². The van der Waals surface area contributed by atoms with Gasteiger partial charge in [-0.3, -0.25) is 24.5 Å². The first kappa shape index (κ1) is 10.3. The zero-order chi connectivity index (χ0) is 11.9. The quantitative estimate of drug-likeness (QED) is 0.530. The summed E-state index contributed by atoms with van der Waals surface area (Å²) in [5.41, 5.74) is 1.58. The number of hydrogen-bond donors (Lipinski definition) is 1. The maximum atomic E-state index is 11.3. The Labute approximate surface area is 91.0 Å². The smallest absolute Gasteiger partial charge is 0.273 e. The molecule has 1 N–H and O–H groups in total. The summed E-state index contributed by atoms with van der Waals surface area (Å²) in [7, 11) is 1.76. The molecule has 1 saturated heterocycles. The van der Waals surface area contributed by atoms with Crippen molar-refractivity contribution in [2.45, 2.75) is 13.5 Å². The standard InChI is InChI=1S/C9H10N4O3/c1-5-6(3-10-12(5)2)4-13-8(15)7(14)11-9(13)16/h3H,4H2,1-2H3,(H,11,14,16). The van der Waals surface area contributed by atoms with Gasteiger partial charge in [0.05, 0.1) is 12.7 Å². The summed E-state index contributed by atoms with van der Waals surface area (Å²) in [4.78, 5) is 34.4. The lowest BCUT2D eigenvalue weighted by Gasteiger charge is -2.10. The monoisotopic (exact) mass is 222 g/mol. The van der Waals surface area contributed by atoms with Gasteiger partial charge in [0.2, 0.25) is 0 Å². The van der Waals surface area contributed by atoms with Crippen molar-refractivity contribution in [3.05, 3.63) is 17.5 Å². The van der Waals surface area contributed by atoms with Crippen LogP contribution in [-0.2, 0) is 23.2 Å². The molecule has 0 bridgehead atoms. The molecule has 84 valence electrons. The molecule has 1 fully saturated rings. The van der Waals surface area contributed by atoms with Gasteiger partial charge in [-0.1, -0.05) is 0 Å². The van der Waals surface area contributed by atoms with Gasteiger partial charge in [-0.2, -0.15) is 5.10 Å². The van der Waals surface area contributed by atoms with Crippen molar-refractivity contribution < 1.29 is 14.4 Å². The average molecular weight is 222 g/mol. The summed E-state index contributed by atoms with van der Waals surface area (Å²) in [6.07, 6.45) is 1.57. The highest BCUT2D eigenvalue weighted by Crippen LogP contribution is 2.12. The Morgan fingerprint density at radius 1 is 1.38 bits per heavy atom. The van der Waals surface area contributed by atoms with E-state index in [2.05, 4.69) is 5.10 Å². The molecule has 0 spiro atoms. The predicted octanol–water partition coefficient (Wildman–Crippen LogP) is -0.693. The first-order valence-corrected chi connectivity index (χ1v) is 4.65. The predicted molar refractivity (Wildman–Crippen MR) is 52.0 cm³/mol. The normalized spacial score (nSPS) is 15.9. The van der Waals surface area contributed by atoms with E-state index in [1.165, 1.54) is 0 Å². The molecule has 1 aliphatic heterocycles. The first-order valence-electron chi connectivity index (χ1n) is 4.65. The Bertz CT molecular complexity index is 491. The lowest BCUT2D eigenvalue weighted by Crippen LogP contribution is -2.30. The van der Waals surface area contributed by atoms with Gasteiger partial charge < -0.3 is 0 Å². The Hall–Kier alpha value is -2.18. The number of aryl methyl sites for hydroxylation is 1. The number of urea groups is 1. The molecule has 4 amide bonds. The van der Waals surface area contributed by atoms with Crippen molar-refractivity contribution in [3.63, 3.8) is 0 Å². The van der Waals surface area contributed by atoms with Crippen LogP contribution in [0.4, 0.5) is 4.79 Å². The number of imide groups is 2. The van der Waals surface area contributed by atoms with Crippen molar-refractivity contribution in [1.82, 2.24) is 20.0 Å². The second-order valence-corrected chi connectivity index (χ2v) is 3.53. The van der Waals surface area contributed by atoms with Gasteiger partial charge in [0.1, 0.15) is 0 Å². The zero-order valence-corrected chi connectivity index (χ0v) is 8.85. The largest absolute Gasteiger partial charge is 0.331 e. The molecule has 7 heteroatoms. The van der Waals surface area contributed by atoms with Gasteiger partial charge in [0, 0.05) is 18.3 Å². The van der Waals surface area contributed by atoms with Gasteiger partial charge in [0.15, 0.2) is 0 Å². The van der Waals surface area contributed by atoms with E-state index < -0.39 is 17.8 Å². The summed E-state index contributed by atoms with van der Waals surface area (Å²) in [5, 5.41) is 5.92. The minimum absolute atomic E-state index is 0.0656. The van der Waals surface area contributed by atoms with Crippen molar-refractivity contribution in [2.24, 2.45) is 7.05 Å². The van der Waals surface area contributed by atoms with E-state index in [0.717, 1.165) is 16.2 Å². The second-order valence-electron chi connectivity index (χ2n) is 3.53. The third-order valence-corrected chi connectivity index (χ3v) is 2.57. The third kappa shape index (κ3) is 1.46. The number of rotatable bonds is 2. The summed E-state index contributed by atoms with van der Waals surface area (Å²) < 4.78 is 1.63. The highest BCUT2D eigenvalue weighted by Gasteiger charge is 2.37. The Morgan fingerprint density at radius 2 is 2.06 bits per heavy atom. The molecule has 1 aromatic rings. The molecule has 0 saturated carbocycles. The topological polar surface area (TPSA) is 84.3 Å². The van der Waals surface area contributed by atoms with Crippen LogP contribution in [0.1, 0.15) is 11.3 Å². The van der Waals surface area contributed by atoms with Gasteiger partial charge in [-0.05, 0) is 6.92 Å². The molecule has 7 nitrogen and oxygen atoms in total. The van der Waals surface area contributed by atoms with Crippen molar-refractivity contribution in [1.29, 1.82) is 0 Å². The minimum atomic E-state index is -0.883. The van der Waals surface area contributed by atoms with Crippen LogP contribution in [-0.4, -0.2) is 32.5 Å². The molecule has 16 heavy (non-hydrogen) atoms. The molecule has 0 atom stereocenters. The first-order chi connectivity index (χ1) is 7.50. The summed E-state index contributed by atoms with van der Waals surface area (Å²) >= 11 is 0. The van der Waals surface area contributed by atoms with Crippen molar-refractivity contribution >= 4 is 17.8 Å². The number of nitrogens with one attached hydrogen (secondary N) is 1. The van der Waals surface area contributed by atoms with Crippen molar-refractivity contribution in [3.8, 4) is 0 Å². The number of carbonyl (C=O) groups excluding carboxylic acids is 3. The van der Waals surface area contributed by atoms with E-state index in [9.17, 15) is 14.4 Å². The number of nitrogens with zero attached hydrogens (tertiary/aromatic N) is 3. The number of carbonyl (C=O) groups is 3. The molecule has 0 aliphatic carbocycles. The average Bonchev–Trinajstić information content (AvgIpc) is 2.66. The van der Waals surface area contributed by atoms with Crippen molar-refractivity contribution in [2.75, 3.05) is 0 Å². The minimum Gasteiger partial charge on any atom is -0.273 e. The van der Waals surface area contributed by atoms with E-state index >= 15 is 0 Å². The van der Waals surface area contributed by atoms with E-state index in [-0.39, 0.29) is 6.54 Å². The molecule has 0 unspecified atom stereocenters. The van der Waals surface area contributed by atoms with Crippen LogP contribution in [0, 0.1) is 6.92 Å². The number of amides is 4. The van der Waals surface area contributed by atoms with E-state index in [0.29, 0.717) is 0 Å². The van der Waals surface area contributed by atoms with Crippen LogP contribution < -0.4 is 5.32 Å². The summed E-state index contributed by atoms with van der Waals surface area (Å²) in [5.74, 6) is -1.71.